The van der Waals surface area contributed by atoms with Gasteiger partial charge in [0, 0.05) is 54.6 Å². The summed E-state index contributed by atoms with van der Waals surface area (Å²) in [6.07, 6.45) is 8.29. The van der Waals surface area contributed by atoms with Gasteiger partial charge in [0.2, 0.25) is 5.91 Å². The number of hydrogen-bond donors (Lipinski definition) is 2. The van der Waals surface area contributed by atoms with Crippen LogP contribution in [0.15, 0.2) is 36.4 Å². The molecular formula is C32H38N4O4S. The average molecular weight is 575 g/mol. The molecule has 41 heavy (non-hydrogen) atoms. The second-order valence-corrected chi connectivity index (χ2v) is 13.6. The molecule has 1 aromatic heterocycles. The maximum atomic E-state index is 14.0. The minimum Gasteiger partial charge on any atom is -0.573 e. The molecule has 4 bridgehead atoms. The molecule has 1 spiro atoms. The fraction of sp³-hybridized carbons (Fsp3) is 0.500. The molecule has 2 aliphatic carbocycles. The molecule has 2 aromatic carbocycles. The van der Waals surface area contributed by atoms with Gasteiger partial charge in [-0.3, -0.25) is 9.59 Å². The monoisotopic (exact) mass is 574 g/mol. The first-order valence-electron chi connectivity index (χ1n) is 15.0. The molecule has 3 heterocycles. The smallest absolute Gasteiger partial charge is 0.293 e. The van der Waals surface area contributed by atoms with E-state index in [9.17, 15) is 14.1 Å². The lowest BCUT2D eigenvalue weighted by Crippen LogP contribution is -2.42. The highest BCUT2D eigenvalue weighted by atomic mass is 32.2. The van der Waals surface area contributed by atoms with Crippen LogP contribution in [0.2, 0.25) is 0 Å². The van der Waals surface area contributed by atoms with Crippen LogP contribution >= 0.6 is 0 Å². The first-order valence-corrected chi connectivity index (χ1v) is 16.1. The van der Waals surface area contributed by atoms with E-state index in [4.69, 9.17) is 4.74 Å². The number of nitrogens with one attached hydrogen (secondary N) is 2. The van der Waals surface area contributed by atoms with Crippen molar-refractivity contribution in [3.63, 3.8) is 0 Å². The van der Waals surface area contributed by atoms with Crippen molar-refractivity contribution in [2.75, 3.05) is 27.2 Å². The lowest BCUT2D eigenvalue weighted by atomic mass is 9.81. The fourth-order valence-corrected chi connectivity index (χ4v) is 8.30. The van der Waals surface area contributed by atoms with Crippen LogP contribution in [-0.4, -0.2) is 52.5 Å². The summed E-state index contributed by atoms with van der Waals surface area (Å²) in [6.45, 7) is 1.69. The van der Waals surface area contributed by atoms with Gasteiger partial charge in [-0.1, -0.05) is 25.3 Å². The summed E-state index contributed by atoms with van der Waals surface area (Å²) in [5.74, 6) is 1.09. The molecule has 3 aromatic rings. The maximum absolute atomic E-state index is 14.0. The average Bonchev–Trinajstić information content (AvgIpc) is 3.66. The summed E-state index contributed by atoms with van der Waals surface area (Å²) in [5.41, 5.74) is 5.79. The third-order valence-electron chi connectivity index (χ3n) is 9.88. The SMILES string of the molecule is COc1ccc2c(c1)C1CC13Cn1c-2c(C2CCCCC2)c2ccc(cc21)C(=O)N[S+]([O-])N(C)CCCCNC3=O. The number of fused-ring (bicyclic) bond motifs is 4. The van der Waals surface area contributed by atoms with E-state index in [2.05, 4.69) is 32.8 Å². The minimum atomic E-state index is -1.64. The van der Waals surface area contributed by atoms with Crippen molar-refractivity contribution in [3.05, 3.63) is 53.1 Å². The number of nitrogens with zero attached hydrogens (tertiary/aromatic N) is 2. The zero-order valence-corrected chi connectivity index (χ0v) is 24.6. The normalized spacial score (nSPS) is 27.2. The van der Waals surface area contributed by atoms with Crippen LogP contribution in [0.3, 0.4) is 0 Å². The summed E-state index contributed by atoms with van der Waals surface area (Å²) >= 11 is -1.64. The molecular weight excluding hydrogens is 536 g/mol. The molecule has 4 aliphatic rings. The molecule has 0 saturated heterocycles. The van der Waals surface area contributed by atoms with Gasteiger partial charge in [0.15, 0.2) is 11.5 Å². The Morgan fingerprint density at radius 2 is 1.88 bits per heavy atom. The van der Waals surface area contributed by atoms with Crippen LogP contribution in [0.1, 0.15) is 84.7 Å². The van der Waals surface area contributed by atoms with Gasteiger partial charge >= 0.3 is 0 Å². The van der Waals surface area contributed by atoms with E-state index in [0.717, 1.165) is 48.8 Å². The van der Waals surface area contributed by atoms with Crippen molar-refractivity contribution in [1.82, 2.24) is 18.9 Å². The number of carbonyl (C=O) groups excluding carboxylic acids is 2. The third-order valence-corrected chi connectivity index (χ3v) is 11.0. The number of hydrogen-bond acceptors (Lipinski definition) is 5. The summed E-state index contributed by atoms with van der Waals surface area (Å²) < 4.78 is 25.2. The van der Waals surface area contributed by atoms with Crippen LogP contribution in [0.4, 0.5) is 0 Å². The van der Waals surface area contributed by atoms with E-state index >= 15 is 0 Å². The number of aromatic nitrogens is 1. The van der Waals surface area contributed by atoms with Gasteiger partial charge in [0.25, 0.3) is 5.91 Å². The first kappa shape index (κ1) is 26.9. The fourth-order valence-electron chi connectivity index (χ4n) is 7.58. The first-order chi connectivity index (χ1) is 19.9. The van der Waals surface area contributed by atoms with Crippen molar-refractivity contribution in [2.45, 2.75) is 69.7 Å². The Kier molecular flexibility index (Phi) is 6.79. The highest BCUT2D eigenvalue weighted by Gasteiger charge is 2.62. The van der Waals surface area contributed by atoms with E-state index in [0.29, 0.717) is 31.1 Å². The van der Waals surface area contributed by atoms with E-state index in [1.807, 2.05) is 18.2 Å². The molecule has 2 aliphatic heterocycles. The highest BCUT2D eigenvalue weighted by molar-refractivity contribution is 7.87. The molecule has 2 saturated carbocycles. The molecule has 3 atom stereocenters. The van der Waals surface area contributed by atoms with E-state index in [1.54, 1.807) is 18.5 Å². The van der Waals surface area contributed by atoms with E-state index in [1.165, 1.54) is 41.6 Å². The minimum absolute atomic E-state index is 0.100. The Balaban J connectivity index is 1.47. The highest BCUT2D eigenvalue weighted by Crippen LogP contribution is 2.65. The zero-order chi connectivity index (χ0) is 28.3. The van der Waals surface area contributed by atoms with Gasteiger partial charge in [0.05, 0.1) is 18.2 Å². The Morgan fingerprint density at radius 3 is 2.68 bits per heavy atom. The topological polar surface area (TPSA) is 98.7 Å². The summed E-state index contributed by atoms with van der Waals surface area (Å²) in [7, 11) is 3.44. The number of methoxy groups -OCH3 is 1. The molecule has 8 nitrogen and oxygen atoms in total. The number of amides is 2. The molecule has 2 N–H and O–H groups in total. The Morgan fingerprint density at radius 1 is 1.05 bits per heavy atom. The van der Waals surface area contributed by atoms with Crippen LogP contribution in [0.5, 0.6) is 5.75 Å². The molecule has 9 heteroatoms. The van der Waals surface area contributed by atoms with Crippen molar-refractivity contribution in [3.8, 4) is 17.0 Å². The number of benzene rings is 2. The quantitative estimate of drug-likeness (QED) is 0.420. The van der Waals surface area contributed by atoms with Crippen molar-refractivity contribution in [2.24, 2.45) is 5.41 Å². The predicted octanol–water partition coefficient (Wildman–Crippen LogP) is 5.00. The lowest BCUT2D eigenvalue weighted by molar-refractivity contribution is -0.127. The number of rotatable bonds is 2. The second-order valence-electron chi connectivity index (χ2n) is 12.3. The molecule has 3 unspecified atom stereocenters. The zero-order valence-electron chi connectivity index (χ0n) is 23.8. The third kappa shape index (κ3) is 4.44. The van der Waals surface area contributed by atoms with Crippen molar-refractivity contribution in [1.29, 1.82) is 0 Å². The van der Waals surface area contributed by atoms with Gasteiger partial charge in [-0.15, -0.1) is 9.03 Å². The van der Waals surface area contributed by atoms with Gasteiger partial charge in [-0.05, 0) is 79.5 Å². The van der Waals surface area contributed by atoms with E-state index < -0.39 is 17.0 Å². The summed E-state index contributed by atoms with van der Waals surface area (Å²) in [5, 5.41) is 4.41. The molecule has 0 radical (unpaired) electrons. The number of carbonyl (C=O) groups is 2. The Bertz CT molecular complexity index is 1530. The summed E-state index contributed by atoms with van der Waals surface area (Å²) in [6, 6.07) is 12.2. The van der Waals surface area contributed by atoms with Crippen LogP contribution in [0, 0.1) is 5.41 Å². The molecule has 2 amide bonds. The van der Waals surface area contributed by atoms with Gasteiger partial charge in [-0.2, -0.15) is 0 Å². The predicted molar refractivity (Wildman–Crippen MR) is 160 cm³/mol. The standard InChI is InChI=1S/C32H38N4O4S/c1-35-15-7-6-14-33-31(38)32-18-26(32)25-17-22(40-2)11-13-23(25)29-28(20-8-4-3-5-9-20)24-12-10-21(30(37)34-41(35)39)16-27(24)36(29)19-32/h10-13,16-17,20,26H,3-9,14-15,18-19H2,1-2H3,(H,33,38)(H,34,37). The summed E-state index contributed by atoms with van der Waals surface area (Å²) in [4.78, 5) is 27.3. The largest absolute Gasteiger partial charge is 0.573 e. The number of ether oxygens (including phenoxy) is 1. The molecule has 7 rings (SSSR count). The lowest BCUT2D eigenvalue weighted by Gasteiger charge is -2.24. The van der Waals surface area contributed by atoms with Gasteiger partial charge in [0.1, 0.15) is 5.75 Å². The Labute approximate surface area is 244 Å². The van der Waals surface area contributed by atoms with Crippen LogP contribution in [-0.2, 0) is 22.9 Å². The Hall–Kier alpha value is -3.01. The second kappa shape index (κ2) is 10.4. The van der Waals surface area contributed by atoms with E-state index in [-0.39, 0.29) is 17.7 Å². The van der Waals surface area contributed by atoms with Gasteiger partial charge in [-0.25, -0.2) is 0 Å². The van der Waals surface area contributed by atoms with Crippen LogP contribution in [0.25, 0.3) is 22.2 Å². The maximum Gasteiger partial charge on any atom is 0.293 e. The van der Waals surface area contributed by atoms with Crippen LogP contribution < -0.4 is 14.8 Å². The molecule has 2 fully saturated rings. The van der Waals surface area contributed by atoms with Gasteiger partial charge < -0.3 is 19.2 Å². The van der Waals surface area contributed by atoms with Crippen molar-refractivity contribution >= 4 is 34.3 Å². The molecule has 216 valence electrons. The van der Waals surface area contributed by atoms with Crippen molar-refractivity contribution < 1.29 is 18.9 Å².